The third-order valence-corrected chi connectivity index (χ3v) is 4.39. The van der Waals surface area contributed by atoms with E-state index in [9.17, 15) is 8.78 Å². The molecule has 0 aliphatic rings. The van der Waals surface area contributed by atoms with Gasteiger partial charge in [-0.25, -0.2) is 8.78 Å². The number of benzene rings is 3. The van der Waals surface area contributed by atoms with Crippen molar-refractivity contribution in [1.82, 2.24) is 0 Å². The van der Waals surface area contributed by atoms with Crippen molar-refractivity contribution < 1.29 is 13.5 Å². The molecule has 3 aromatic carbocycles. The number of rotatable bonds is 6. The quantitative estimate of drug-likeness (QED) is 0.375. The molecule has 0 fully saturated rings. The van der Waals surface area contributed by atoms with E-state index in [1.165, 1.54) is 0 Å². The molecule has 0 saturated heterocycles. The lowest BCUT2D eigenvalue weighted by atomic mass is 9.97. The van der Waals surface area contributed by atoms with E-state index >= 15 is 0 Å². The fourth-order valence-corrected chi connectivity index (χ4v) is 3.07. The van der Waals surface area contributed by atoms with Gasteiger partial charge in [0.05, 0.1) is 6.61 Å². The molecule has 0 heterocycles. The molecule has 0 amide bonds. The molecule has 0 atom stereocenters. The summed E-state index contributed by atoms with van der Waals surface area (Å²) in [6.07, 6.45) is 3.49. The fourth-order valence-electron chi connectivity index (χ4n) is 3.07. The third-order valence-electron chi connectivity index (χ3n) is 4.39. The minimum absolute atomic E-state index is 0.195. The predicted octanol–water partition coefficient (Wildman–Crippen LogP) is 6.40. The number of unbranched alkanes of at least 4 members (excludes halogenated alkanes) is 1. The Morgan fingerprint density at radius 3 is 2.04 bits per heavy atom. The first kappa shape index (κ1) is 16.7. The normalized spacial score (nSPS) is 11.3. The number of hydrogen-bond donors (Lipinski definition) is 0. The summed E-state index contributed by atoms with van der Waals surface area (Å²) in [6.45, 7) is 4.59. The zero-order chi connectivity index (χ0) is 17.1. The van der Waals surface area contributed by atoms with Crippen LogP contribution in [-0.2, 0) is 6.42 Å². The number of aryl methyl sites for hydroxylation is 1. The van der Waals surface area contributed by atoms with Crippen LogP contribution in [0.5, 0.6) is 5.75 Å². The van der Waals surface area contributed by atoms with Crippen LogP contribution in [0, 0.1) is 11.6 Å². The van der Waals surface area contributed by atoms with Crippen LogP contribution in [0.25, 0.3) is 21.5 Å². The van der Waals surface area contributed by atoms with Crippen LogP contribution in [0.1, 0.15) is 38.7 Å². The second-order valence-electron chi connectivity index (χ2n) is 6.12. The molecule has 0 spiro atoms. The first-order chi connectivity index (χ1) is 11.7. The largest absolute Gasteiger partial charge is 0.490 e. The average Bonchev–Trinajstić information content (AvgIpc) is 2.59. The van der Waals surface area contributed by atoms with Gasteiger partial charge in [-0.15, -0.1) is 0 Å². The molecule has 0 saturated carbocycles. The minimum atomic E-state index is -0.372. The van der Waals surface area contributed by atoms with Gasteiger partial charge >= 0.3 is 0 Å². The van der Waals surface area contributed by atoms with Crippen molar-refractivity contribution in [2.75, 3.05) is 6.61 Å². The Kier molecular flexibility index (Phi) is 4.98. The summed E-state index contributed by atoms with van der Waals surface area (Å²) in [5.41, 5.74) is 0.712. The second-order valence-corrected chi connectivity index (χ2v) is 6.12. The molecule has 1 nitrogen and oxygen atoms in total. The van der Waals surface area contributed by atoms with Gasteiger partial charge in [0.2, 0.25) is 0 Å². The number of hydrogen-bond acceptors (Lipinski definition) is 1. The molecule has 0 N–H and O–H groups in total. The summed E-state index contributed by atoms with van der Waals surface area (Å²) in [5.74, 6) is -0.304. The van der Waals surface area contributed by atoms with Gasteiger partial charge in [0.25, 0.3) is 0 Å². The summed E-state index contributed by atoms with van der Waals surface area (Å²) in [5, 5.41) is 2.48. The number of fused-ring (bicyclic) bond motifs is 3. The molecule has 0 radical (unpaired) electrons. The van der Waals surface area contributed by atoms with Crippen molar-refractivity contribution >= 4 is 21.5 Å². The zero-order valence-corrected chi connectivity index (χ0v) is 14.2. The average molecular weight is 328 g/mol. The van der Waals surface area contributed by atoms with Crippen molar-refractivity contribution in [2.24, 2.45) is 0 Å². The standard InChI is InChI=1S/C21H22F2O/c1-3-5-13-24-19-12-11-16-15-8-7-14(6-4-2)20(22)17(15)9-10-18(16)21(19)23/h7-12H,3-6,13H2,1-2H3. The van der Waals surface area contributed by atoms with E-state index in [4.69, 9.17) is 4.74 Å². The van der Waals surface area contributed by atoms with E-state index in [0.717, 1.165) is 30.0 Å². The zero-order valence-electron chi connectivity index (χ0n) is 14.2. The molecule has 24 heavy (non-hydrogen) atoms. The van der Waals surface area contributed by atoms with Crippen LogP contribution < -0.4 is 4.74 Å². The molecule has 3 heteroatoms. The van der Waals surface area contributed by atoms with Crippen molar-refractivity contribution in [3.8, 4) is 5.75 Å². The first-order valence-corrected chi connectivity index (χ1v) is 8.62. The van der Waals surface area contributed by atoms with Gasteiger partial charge in [0.1, 0.15) is 5.82 Å². The van der Waals surface area contributed by atoms with Gasteiger partial charge in [-0.05, 0) is 41.3 Å². The van der Waals surface area contributed by atoms with Crippen LogP contribution in [0.15, 0.2) is 36.4 Å². The van der Waals surface area contributed by atoms with Gasteiger partial charge in [-0.3, -0.25) is 0 Å². The van der Waals surface area contributed by atoms with Gasteiger partial charge in [0.15, 0.2) is 11.6 Å². The Morgan fingerprint density at radius 2 is 1.38 bits per heavy atom. The monoisotopic (exact) mass is 328 g/mol. The highest BCUT2D eigenvalue weighted by Gasteiger charge is 2.13. The Hall–Kier alpha value is -2.16. The van der Waals surface area contributed by atoms with Crippen LogP contribution in [-0.4, -0.2) is 6.61 Å². The smallest absolute Gasteiger partial charge is 0.172 e. The summed E-state index contributed by atoms with van der Waals surface area (Å²) in [4.78, 5) is 0. The van der Waals surface area contributed by atoms with E-state index in [2.05, 4.69) is 6.92 Å². The molecule has 3 rings (SSSR count). The van der Waals surface area contributed by atoms with Crippen LogP contribution >= 0.6 is 0 Å². The molecule has 0 unspecified atom stereocenters. The Labute approximate surface area is 141 Å². The molecule has 0 bridgehead atoms. The summed E-state index contributed by atoms with van der Waals surface area (Å²) in [7, 11) is 0. The Bertz CT molecular complexity index is 871. The minimum Gasteiger partial charge on any atom is -0.490 e. The van der Waals surface area contributed by atoms with Crippen LogP contribution in [0.2, 0.25) is 0 Å². The van der Waals surface area contributed by atoms with Gasteiger partial charge in [-0.1, -0.05) is 51.0 Å². The highest BCUT2D eigenvalue weighted by Crippen LogP contribution is 2.33. The van der Waals surface area contributed by atoms with Crippen LogP contribution in [0.3, 0.4) is 0 Å². The molecule has 0 aliphatic heterocycles. The van der Waals surface area contributed by atoms with Crippen LogP contribution in [0.4, 0.5) is 8.78 Å². The van der Waals surface area contributed by atoms with Gasteiger partial charge in [-0.2, -0.15) is 0 Å². The first-order valence-electron chi connectivity index (χ1n) is 8.62. The molecule has 3 aromatic rings. The fraction of sp³-hybridized carbons (Fsp3) is 0.333. The molecular formula is C21H22F2O. The predicted molar refractivity (Wildman–Crippen MR) is 95.8 cm³/mol. The topological polar surface area (TPSA) is 9.23 Å². The third kappa shape index (κ3) is 2.95. The molecule has 126 valence electrons. The summed E-state index contributed by atoms with van der Waals surface area (Å²) < 4.78 is 34.9. The van der Waals surface area contributed by atoms with Crippen molar-refractivity contribution in [2.45, 2.75) is 39.5 Å². The Morgan fingerprint density at radius 1 is 0.750 bits per heavy atom. The van der Waals surface area contributed by atoms with E-state index < -0.39 is 0 Å². The van der Waals surface area contributed by atoms with Gasteiger partial charge in [0, 0.05) is 10.8 Å². The SMILES string of the molecule is CCCCOc1ccc2c(ccc3c(F)c(CCC)ccc32)c1F. The van der Waals surface area contributed by atoms with Crippen molar-refractivity contribution in [3.05, 3.63) is 53.6 Å². The van der Waals surface area contributed by atoms with E-state index in [0.29, 0.717) is 29.4 Å². The summed E-state index contributed by atoms with van der Waals surface area (Å²) >= 11 is 0. The number of halogens is 2. The lowest BCUT2D eigenvalue weighted by Crippen LogP contribution is -1.99. The Balaban J connectivity index is 2.11. The lowest BCUT2D eigenvalue weighted by Gasteiger charge is -2.12. The molecular weight excluding hydrogens is 306 g/mol. The lowest BCUT2D eigenvalue weighted by molar-refractivity contribution is 0.295. The van der Waals surface area contributed by atoms with E-state index in [1.807, 2.05) is 25.1 Å². The molecule has 0 aromatic heterocycles. The highest BCUT2D eigenvalue weighted by atomic mass is 19.1. The van der Waals surface area contributed by atoms with Crippen molar-refractivity contribution in [1.29, 1.82) is 0 Å². The maximum absolute atomic E-state index is 14.7. The maximum Gasteiger partial charge on any atom is 0.172 e. The summed E-state index contributed by atoms with van der Waals surface area (Å²) in [6, 6.07) is 10.5. The maximum atomic E-state index is 14.7. The van der Waals surface area contributed by atoms with E-state index in [1.54, 1.807) is 18.2 Å². The molecule has 0 aliphatic carbocycles. The van der Waals surface area contributed by atoms with Gasteiger partial charge < -0.3 is 4.74 Å². The van der Waals surface area contributed by atoms with Crippen molar-refractivity contribution in [3.63, 3.8) is 0 Å². The number of ether oxygens (including phenoxy) is 1. The second kappa shape index (κ2) is 7.16. The van der Waals surface area contributed by atoms with E-state index in [-0.39, 0.29) is 17.4 Å². The highest BCUT2D eigenvalue weighted by molar-refractivity contribution is 6.08.